The third-order valence-electron chi connectivity index (χ3n) is 4.48. The SMILES string of the molecule is Nc1ccc(OCC2CCC3(CCCCC3)O2)c(F)c1. The first kappa shape index (κ1) is 13.7. The van der Waals surface area contributed by atoms with Crippen LogP contribution in [0.3, 0.4) is 0 Å². The first-order valence-corrected chi connectivity index (χ1v) is 7.53. The van der Waals surface area contributed by atoms with Gasteiger partial charge in [-0.15, -0.1) is 0 Å². The minimum Gasteiger partial charge on any atom is -0.488 e. The van der Waals surface area contributed by atoms with Crippen LogP contribution in [0.1, 0.15) is 44.9 Å². The largest absolute Gasteiger partial charge is 0.488 e. The second-order valence-corrected chi connectivity index (χ2v) is 6.02. The van der Waals surface area contributed by atoms with Gasteiger partial charge in [0.1, 0.15) is 6.61 Å². The van der Waals surface area contributed by atoms with Gasteiger partial charge in [0.15, 0.2) is 11.6 Å². The molecule has 0 aromatic heterocycles. The summed E-state index contributed by atoms with van der Waals surface area (Å²) in [6.07, 6.45) is 8.40. The first-order valence-electron chi connectivity index (χ1n) is 7.53. The fraction of sp³-hybridized carbons (Fsp3) is 0.625. The fourth-order valence-corrected chi connectivity index (χ4v) is 3.39. The Morgan fingerprint density at radius 2 is 2.05 bits per heavy atom. The normalized spacial score (nSPS) is 24.9. The molecule has 0 amide bonds. The molecular formula is C16H22FNO2. The number of halogens is 1. The van der Waals surface area contributed by atoms with E-state index in [1.165, 1.54) is 38.2 Å². The van der Waals surface area contributed by atoms with Gasteiger partial charge >= 0.3 is 0 Å². The number of benzene rings is 1. The molecule has 1 aromatic carbocycles. The van der Waals surface area contributed by atoms with E-state index >= 15 is 0 Å². The topological polar surface area (TPSA) is 44.5 Å². The number of anilines is 1. The maximum absolute atomic E-state index is 13.6. The lowest BCUT2D eigenvalue weighted by Gasteiger charge is -2.33. The summed E-state index contributed by atoms with van der Waals surface area (Å²) >= 11 is 0. The lowest BCUT2D eigenvalue weighted by atomic mass is 9.83. The van der Waals surface area contributed by atoms with Crippen LogP contribution in [-0.2, 0) is 4.74 Å². The van der Waals surface area contributed by atoms with Crippen LogP contribution in [0.15, 0.2) is 18.2 Å². The minimum absolute atomic E-state index is 0.0880. The third-order valence-corrected chi connectivity index (χ3v) is 4.48. The summed E-state index contributed by atoms with van der Waals surface area (Å²) in [5, 5.41) is 0. The molecular weight excluding hydrogens is 257 g/mol. The first-order chi connectivity index (χ1) is 9.67. The quantitative estimate of drug-likeness (QED) is 0.859. The molecule has 0 bridgehead atoms. The van der Waals surface area contributed by atoms with Crippen molar-refractivity contribution >= 4 is 5.69 Å². The van der Waals surface area contributed by atoms with Crippen LogP contribution in [0.25, 0.3) is 0 Å². The molecule has 1 heterocycles. The molecule has 4 heteroatoms. The second-order valence-electron chi connectivity index (χ2n) is 6.02. The Balaban J connectivity index is 1.54. The molecule has 110 valence electrons. The van der Waals surface area contributed by atoms with E-state index in [0.717, 1.165) is 12.8 Å². The van der Waals surface area contributed by atoms with Gasteiger partial charge < -0.3 is 15.2 Å². The van der Waals surface area contributed by atoms with Gasteiger partial charge in [0.25, 0.3) is 0 Å². The van der Waals surface area contributed by atoms with Gasteiger partial charge in [0, 0.05) is 11.8 Å². The number of hydrogen-bond acceptors (Lipinski definition) is 3. The van der Waals surface area contributed by atoms with E-state index in [2.05, 4.69) is 0 Å². The summed E-state index contributed by atoms with van der Waals surface area (Å²) in [5.74, 6) is -0.150. The Morgan fingerprint density at radius 3 is 2.80 bits per heavy atom. The highest BCUT2D eigenvalue weighted by molar-refractivity contribution is 5.42. The van der Waals surface area contributed by atoms with Crippen LogP contribution < -0.4 is 10.5 Å². The molecule has 1 atom stereocenters. The van der Waals surface area contributed by atoms with E-state index in [0.29, 0.717) is 12.3 Å². The zero-order valence-corrected chi connectivity index (χ0v) is 11.7. The van der Waals surface area contributed by atoms with E-state index in [4.69, 9.17) is 15.2 Å². The monoisotopic (exact) mass is 279 g/mol. The Morgan fingerprint density at radius 1 is 1.25 bits per heavy atom. The van der Waals surface area contributed by atoms with Crippen LogP contribution in [-0.4, -0.2) is 18.3 Å². The predicted octanol–water partition coefficient (Wildman–Crippen LogP) is 3.67. The van der Waals surface area contributed by atoms with Gasteiger partial charge in [-0.2, -0.15) is 0 Å². The van der Waals surface area contributed by atoms with Gasteiger partial charge in [-0.1, -0.05) is 19.3 Å². The smallest absolute Gasteiger partial charge is 0.167 e. The molecule has 20 heavy (non-hydrogen) atoms. The van der Waals surface area contributed by atoms with E-state index in [1.54, 1.807) is 12.1 Å². The van der Waals surface area contributed by atoms with Crippen molar-refractivity contribution in [3.63, 3.8) is 0 Å². The highest BCUT2D eigenvalue weighted by Gasteiger charge is 2.40. The van der Waals surface area contributed by atoms with Crippen molar-refractivity contribution in [1.29, 1.82) is 0 Å². The van der Waals surface area contributed by atoms with Gasteiger partial charge in [-0.05, 0) is 37.8 Å². The molecule has 2 aliphatic rings. The van der Waals surface area contributed by atoms with Crippen LogP contribution in [0.4, 0.5) is 10.1 Å². The maximum Gasteiger partial charge on any atom is 0.167 e. The molecule has 2 N–H and O–H groups in total. The Labute approximate surface area is 119 Å². The predicted molar refractivity (Wildman–Crippen MR) is 76.2 cm³/mol. The highest BCUT2D eigenvalue weighted by atomic mass is 19.1. The molecule has 3 rings (SSSR count). The lowest BCUT2D eigenvalue weighted by Crippen LogP contribution is -2.32. The van der Waals surface area contributed by atoms with Gasteiger partial charge in [-0.25, -0.2) is 4.39 Å². The van der Waals surface area contributed by atoms with E-state index < -0.39 is 5.82 Å². The Bertz CT molecular complexity index is 472. The van der Waals surface area contributed by atoms with Gasteiger partial charge in [0.05, 0.1) is 11.7 Å². The summed E-state index contributed by atoms with van der Waals surface area (Å²) in [6, 6.07) is 4.51. The minimum atomic E-state index is -0.407. The number of nitrogens with two attached hydrogens (primary N) is 1. The molecule has 2 fully saturated rings. The number of ether oxygens (including phenoxy) is 2. The zero-order chi connectivity index (χ0) is 14.0. The van der Waals surface area contributed by atoms with Gasteiger partial charge in [-0.3, -0.25) is 0 Å². The van der Waals surface area contributed by atoms with Crippen molar-refractivity contribution in [2.75, 3.05) is 12.3 Å². The number of hydrogen-bond donors (Lipinski definition) is 1. The van der Waals surface area contributed by atoms with Crippen LogP contribution in [0, 0.1) is 5.82 Å². The molecule has 0 radical (unpaired) electrons. The molecule has 1 saturated carbocycles. The fourth-order valence-electron chi connectivity index (χ4n) is 3.39. The van der Waals surface area contributed by atoms with Crippen molar-refractivity contribution in [2.24, 2.45) is 0 Å². The Kier molecular flexibility index (Phi) is 3.83. The van der Waals surface area contributed by atoms with Crippen molar-refractivity contribution in [2.45, 2.75) is 56.7 Å². The summed E-state index contributed by atoms with van der Waals surface area (Å²) in [7, 11) is 0. The molecule has 1 aliphatic carbocycles. The summed E-state index contributed by atoms with van der Waals surface area (Å²) in [6.45, 7) is 0.419. The summed E-state index contributed by atoms with van der Waals surface area (Å²) < 4.78 is 25.4. The van der Waals surface area contributed by atoms with Crippen LogP contribution >= 0.6 is 0 Å². The second kappa shape index (κ2) is 5.60. The van der Waals surface area contributed by atoms with Crippen molar-refractivity contribution < 1.29 is 13.9 Å². The Hall–Kier alpha value is -1.29. The third kappa shape index (κ3) is 2.90. The lowest BCUT2D eigenvalue weighted by molar-refractivity contribution is -0.0751. The van der Waals surface area contributed by atoms with Crippen molar-refractivity contribution in [1.82, 2.24) is 0 Å². The van der Waals surface area contributed by atoms with Crippen LogP contribution in [0.5, 0.6) is 5.75 Å². The van der Waals surface area contributed by atoms with Crippen molar-refractivity contribution in [3.8, 4) is 5.75 Å². The average Bonchev–Trinajstić information content (AvgIpc) is 2.82. The van der Waals surface area contributed by atoms with Crippen molar-refractivity contribution in [3.05, 3.63) is 24.0 Å². The zero-order valence-electron chi connectivity index (χ0n) is 11.7. The van der Waals surface area contributed by atoms with E-state index in [9.17, 15) is 4.39 Å². The maximum atomic E-state index is 13.6. The molecule has 1 unspecified atom stereocenters. The van der Waals surface area contributed by atoms with Crippen LogP contribution in [0.2, 0.25) is 0 Å². The number of nitrogen functional groups attached to an aromatic ring is 1. The number of rotatable bonds is 3. The van der Waals surface area contributed by atoms with E-state index in [-0.39, 0.29) is 17.5 Å². The average molecular weight is 279 g/mol. The standard InChI is InChI=1S/C16H22FNO2/c17-14-10-12(18)4-5-15(14)19-11-13-6-9-16(20-13)7-2-1-3-8-16/h4-5,10,13H,1-3,6-9,11,18H2. The molecule has 1 spiro atoms. The highest BCUT2D eigenvalue weighted by Crippen LogP contribution is 2.42. The van der Waals surface area contributed by atoms with E-state index in [1.807, 2.05) is 0 Å². The molecule has 1 aliphatic heterocycles. The summed E-state index contributed by atoms with van der Waals surface area (Å²) in [4.78, 5) is 0. The molecule has 1 aromatic rings. The van der Waals surface area contributed by atoms with Gasteiger partial charge in [0.2, 0.25) is 0 Å². The molecule has 3 nitrogen and oxygen atoms in total. The molecule has 1 saturated heterocycles. The summed E-state index contributed by atoms with van der Waals surface area (Å²) in [5.41, 5.74) is 6.02.